The van der Waals surface area contributed by atoms with Crippen LogP contribution in [0.25, 0.3) is 0 Å². The van der Waals surface area contributed by atoms with Crippen molar-refractivity contribution in [3.05, 3.63) is 113 Å². The zero-order valence-corrected chi connectivity index (χ0v) is 21.1. The van der Waals surface area contributed by atoms with Crippen molar-refractivity contribution < 1.29 is 17.1 Å². The van der Waals surface area contributed by atoms with Crippen LogP contribution in [0.5, 0.6) is 0 Å². The van der Waals surface area contributed by atoms with Crippen LogP contribution >= 0.6 is 23.9 Å². The van der Waals surface area contributed by atoms with Gasteiger partial charge in [-0.3, -0.25) is 0 Å². The molecule has 0 aliphatic carbocycles. The Labute approximate surface area is 201 Å². The topological polar surface area (TPSA) is 3.24 Å². The number of nitrogens with zero attached hydrogens (tertiary/aromatic N) is 1. The fourth-order valence-corrected chi connectivity index (χ4v) is 6.61. The third-order valence-electron chi connectivity index (χ3n) is 4.95. The molecule has 0 aromatic heterocycles. The van der Waals surface area contributed by atoms with Gasteiger partial charge in [0, 0.05) is 17.1 Å². The van der Waals surface area contributed by atoms with E-state index in [-0.39, 0.29) is 17.1 Å². The molecule has 4 aromatic carbocycles. The normalized spacial score (nSPS) is 11.5. The first kappa shape index (κ1) is 24.8. The number of halogens is 1. The maximum atomic E-state index is 3.90. The Hall–Kier alpha value is -1.47. The summed E-state index contributed by atoms with van der Waals surface area (Å²) >= 11 is 3.90. The second-order valence-corrected chi connectivity index (χ2v) is 10.1. The molecule has 4 rings (SSSR count). The summed E-state index contributed by atoms with van der Waals surface area (Å²) in [5.74, 6) is 0. The molecule has 0 aliphatic rings. The van der Waals surface area contributed by atoms with E-state index in [0.717, 1.165) is 0 Å². The molecule has 30 heavy (non-hydrogen) atoms. The minimum absolute atomic E-state index is 0. The van der Waals surface area contributed by atoms with Gasteiger partial charge >= 0.3 is 0 Å². The maximum Gasteiger partial charge on any atom is 0 e. The summed E-state index contributed by atoms with van der Waals surface area (Å²) in [5, 5.41) is 4.16. The van der Waals surface area contributed by atoms with Gasteiger partial charge in [0.05, 0.1) is 0 Å². The Morgan fingerprint density at radius 1 is 0.800 bits per heavy atom. The van der Waals surface area contributed by atoms with Crippen molar-refractivity contribution in [1.82, 2.24) is 4.90 Å². The molecule has 0 amide bonds. The molecule has 0 fully saturated rings. The van der Waals surface area contributed by atoms with Gasteiger partial charge in [0.25, 0.3) is 0 Å². The Morgan fingerprint density at radius 2 is 1.23 bits per heavy atom. The second-order valence-electron chi connectivity index (χ2n) is 7.10. The van der Waals surface area contributed by atoms with Crippen molar-refractivity contribution in [1.29, 1.82) is 0 Å². The minimum atomic E-state index is -0.555. The Bertz CT molecular complexity index is 908. The molecule has 4 aromatic rings. The number of hydrogen-bond acceptors (Lipinski definition) is 1. The molecular formula is C26H27BrFeNP-6. The predicted octanol–water partition coefficient (Wildman–Crippen LogP) is 5.95. The molecule has 0 N–H and O–H groups in total. The summed E-state index contributed by atoms with van der Waals surface area (Å²) in [5.41, 5.74) is 1.36. The largest absolute Gasteiger partial charge is 0.748 e. The molecule has 0 radical (unpaired) electrons. The van der Waals surface area contributed by atoms with Crippen LogP contribution in [0.4, 0.5) is 0 Å². The van der Waals surface area contributed by atoms with Crippen LogP contribution in [0.3, 0.4) is 0 Å². The first-order chi connectivity index (χ1) is 14.1. The van der Waals surface area contributed by atoms with Gasteiger partial charge < -0.3 is 35.2 Å². The quantitative estimate of drug-likeness (QED) is 0.179. The zero-order valence-electron chi connectivity index (χ0n) is 17.5. The van der Waals surface area contributed by atoms with E-state index in [1.54, 1.807) is 0 Å². The maximum absolute atomic E-state index is 3.90. The Balaban J connectivity index is 0.000000468. The van der Waals surface area contributed by atoms with Gasteiger partial charge in [-0.2, -0.15) is 11.4 Å². The molecular weight excluding hydrogens is 493 g/mol. The van der Waals surface area contributed by atoms with Crippen LogP contribution in [0, 0.1) is 0 Å². The summed E-state index contributed by atoms with van der Waals surface area (Å²) in [6.07, 6.45) is 0. The van der Waals surface area contributed by atoms with E-state index in [4.69, 9.17) is 0 Å². The summed E-state index contributed by atoms with van der Waals surface area (Å²) in [4.78, 5) is 2.25. The van der Waals surface area contributed by atoms with Crippen molar-refractivity contribution >= 4 is 39.8 Å². The average Bonchev–Trinajstić information content (AvgIpc) is 3.44. The van der Waals surface area contributed by atoms with Crippen molar-refractivity contribution in [2.45, 2.75) is 13.0 Å². The van der Waals surface area contributed by atoms with Crippen LogP contribution in [0.15, 0.2) is 108 Å². The van der Waals surface area contributed by atoms with Crippen molar-refractivity contribution in [2.24, 2.45) is 0 Å². The van der Waals surface area contributed by atoms with Gasteiger partial charge in [0.15, 0.2) is 0 Å². The average molecular weight is 520 g/mol. The number of hydrogen-bond donors (Lipinski definition) is 0. The molecule has 1 unspecified atom stereocenters. The van der Waals surface area contributed by atoms with Crippen LogP contribution in [-0.2, 0) is 17.1 Å². The van der Waals surface area contributed by atoms with Crippen LogP contribution < -0.4 is 15.9 Å². The Kier molecular flexibility index (Phi) is 10.2. The van der Waals surface area contributed by atoms with Gasteiger partial charge in [0.2, 0.25) is 0 Å². The summed E-state index contributed by atoms with van der Waals surface area (Å²) in [6.45, 7) is 2.25. The summed E-state index contributed by atoms with van der Waals surface area (Å²) in [7, 11) is 3.70. The smallest absolute Gasteiger partial charge is 0 e. The molecule has 0 spiro atoms. The van der Waals surface area contributed by atoms with Gasteiger partial charge in [-0.25, -0.2) is 6.07 Å². The van der Waals surface area contributed by atoms with E-state index in [0.29, 0.717) is 6.04 Å². The SMILES string of the molecule is CC([c-]1ccc(P(c2ccccc2)c2ccccc2)c1Br)N(C)C.[Fe].[cH-]1[cH-][cH-][cH-][cH-]1. The van der Waals surface area contributed by atoms with Crippen molar-refractivity contribution in [3.8, 4) is 0 Å². The second kappa shape index (κ2) is 12.4. The third-order valence-corrected chi connectivity index (χ3v) is 8.62. The zero-order chi connectivity index (χ0) is 20.6. The first-order valence-corrected chi connectivity index (χ1v) is 11.9. The molecule has 1 nitrogen and oxygen atoms in total. The summed E-state index contributed by atoms with van der Waals surface area (Å²) in [6, 6.07) is 36.6. The van der Waals surface area contributed by atoms with E-state index in [1.807, 2.05) is 30.3 Å². The molecule has 162 valence electrons. The van der Waals surface area contributed by atoms with E-state index in [9.17, 15) is 0 Å². The van der Waals surface area contributed by atoms with Gasteiger partial charge in [0.1, 0.15) is 0 Å². The van der Waals surface area contributed by atoms with Crippen molar-refractivity contribution in [2.75, 3.05) is 14.1 Å². The molecule has 1 atom stereocenters. The fraction of sp³-hybridized carbons (Fsp3) is 0.154. The van der Waals surface area contributed by atoms with Gasteiger partial charge in [-0.05, 0) is 30.7 Å². The Morgan fingerprint density at radius 3 is 1.63 bits per heavy atom. The molecule has 4 heteroatoms. The van der Waals surface area contributed by atoms with E-state index < -0.39 is 7.92 Å². The van der Waals surface area contributed by atoms with Crippen molar-refractivity contribution in [3.63, 3.8) is 0 Å². The standard InChI is InChI=1S/C21H22BrNP.C5H5.Fe/c1-16(23(2)3)19-14-15-20(21(19)22)24(17-10-6-4-7-11-17)18-12-8-5-9-13-18;1-2-4-5-3-1;/h4-16H,1-3H3;1-5H;/q-1;-5;. The third kappa shape index (κ3) is 6.27. The first-order valence-electron chi connectivity index (χ1n) is 9.78. The van der Waals surface area contributed by atoms with Crippen LogP contribution in [-0.4, -0.2) is 19.0 Å². The number of rotatable bonds is 5. The molecule has 0 bridgehead atoms. The molecule has 0 saturated carbocycles. The van der Waals surface area contributed by atoms with E-state index in [1.165, 1.54) is 25.9 Å². The van der Waals surface area contributed by atoms with Gasteiger partial charge in [-0.1, -0.05) is 95.9 Å². The minimum Gasteiger partial charge on any atom is -0.748 e. The monoisotopic (exact) mass is 519 g/mol. The number of benzene rings is 2. The van der Waals surface area contributed by atoms with Crippen LogP contribution in [0.1, 0.15) is 18.5 Å². The van der Waals surface area contributed by atoms with E-state index >= 15 is 0 Å². The molecule has 0 aliphatic heterocycles. The van der Waals surface area contributed by atoms with Crippen LogP contribution in [0.2, 0.25) is 0 Å². The summed E-state index contributed by atoms with van der Waals surface area (Å²) < 4.78 is 1.25. The predicted molar refractivity (Wildman–Crippen MR) is 133 cm³/mol. The van der Waals surface area contributed by atoms with Gasteiger partial charge in [-0.15, -0.1) is 5.56 Å². The molecule has 0 heterocycles. The van der Waals surface area contributed by atoms with E-state index in [2.05, 4.69) is 115 Å². The molecule has 0 saturated heterocycles. The fourth-order valence-electron chi connectivity index (χ4n) is 3.14.